The summed E-state index contributed by atoms with van der Waals surface area (Å²) < 4.78 is 14.2. The molecule has 0 radical (unpaired) electrons. The molecule has 1 aromatic rings. The Bertz CT molecular complexity index is 344. The summed E-state index contributed by atoms with van der Waals surface area (Å²) in [6.45, 7) is 4.33. The maximum absolute atomic E-state index is 13.7. The lowest BCUT2D eigenvalue weighted by Gasteiger charge is -2.14. The normalized spacial score (nSPS) is 13.1. The maximum atomic E-state index is 13.7. The van der Waals surface area contributed by atoms with Gasteiger partial charge in [0, 0.05) is 17.4 Å². The van der Waals surface area contributed by atoms with Crippen LogP contribution in [0.3, 0.4) is 0 Å². The third-order valence-corrected chi connectivity index (χ3v) is 4.24. The van der Waals surface area contributed by atoms with Crippen LogP contribution in [0.5, 0.6) is 0 Å². The molecular weight excluding hydrogens is 289 g/mol. The smallest absolute Gasteiger partial charge is 0.142 e. The molecule has 1 atom stereocenters. The number of hydrogen-bond acceptors (Lipinski definition) is 2. The SMILES string of the molecule is CC(C)CSCC(N)c1cccc(Br)c1F. The van der Waals surface area contributed by atoms with Gasteiger partial charge in [-0.25, -0.2) is 4.39 Å². The zero-order chi connectivity index (χ0) is 12.1. The van der Waals surface area contributed by atoms with E-state index in [1.165, 1.54) is 0 Å². The minimum Gasteiger partial charge on any atom is -0.323 e. The highest BCUT2D eigenvalue weighted by Gasteiger charge is 2.13. The lowest BCUT2D eigenvalue weighted by molar-refractivity contribution is 0.589. The van der Waals surface area contributed by atoms with Crippen molar-refractivity contribution in [3.63, 3.8) is 0 Å². The van der Waals surface area contributed by atoms with Crippen molar-refractivity contribution in [1.82, 2.24) is 0 Å². The molecule has 0 aliphatic heterocycles. The van der Waals surface area contributed by atoms with Crippen molar-refractivity contribution in [2.75, 3.05) is 11.5 Å². The lowest BCUT2D eigenvalue weighted by Crippen LogP contribution is -2.15. The minimum atomic E-state index is -0.236. The van der Waals surface area contributed by atoms with E-state index in [2.05, 4.69) is 29.8 Å². The first kappa shape index (κ1) is 14.0. The van der Waals surface area contributed by atoms with E-state index in [1.807, 2.05) is 6.07 Å². The first-order valence-corrected chi connectivity index (χ1v) is 7.24. The van der Waals surface area contributed by atoms with Gasteiger partial charge in [0.05, 0.1) is 4.47 Å². The molecule has 1 unspecified atom stereocenters. The standard InChI is InChI=1S/C12H17BrFNS/c1-8(2)6-16-7-11(15)9-4-3-5-10(13)12(9)14/h3-5,8,11H,6-7,15H2,1-2H3. The van der Waals surface area contributed by atoms with Crippen molar-refractivity contribution in [3.05, 3.63) is 34.1 Å². The fourth-order valence-electron chi connectivity index (χ4n) is 1.33. The van der Waals surface area contributed by atoms with Crippen LogP contribution in [0.2, 0.25) is 0 Å². The summed E-state index contributed by atoms with van der Waals surface area (Å²) in [6, 6.07) is 5.02. The summed E-state index contributed by atoms with van der Waals surface area (Å²) in [5.41, 5.74) is 6.56. The van der Waals surface area contributed by atoms with E-state index in [1.54, 1.807) is 23.9 Å². The third-order valence-electron chi connectivity index (χ3n) is 2.13. The molecule has 0 saturated carbocycles. The molecule has 0 saturated heterocycles. The summed E-state index contributed by atoms with van der Waals surface area (Å²) in [5.74, 6) is 2.22. The summed E-state index contributed by atoms with van der Waals surface area (Å²) >= 11 is 4.94. The largest absolute Gasteiger partial charge is 0.323 e. The molecule has 90 valence electrons. The van der Waals surface area contributed by atoms with Gasteiger partial charge in [0.15, 0.2) is 0 Å². The van der Waals surface area contributed by atoms with E-state index in [0.29, 0.717) is 16.0 Å². The molecule has 0 spiro atoms. The van der Waals surface area contributed by atoms with Gasteiger partial charge in [-0.15, -0.1) is 0 Å². The van der Waals surface area contributed by atoms with Gasteiger partial charge in [-0.05, 0) is 33.7 Å². The zero-order valence-electron chi connectivity index (χ0n) is 9.54. The lowest BCUT2D eigenvalue weighted by atomic mass is 10.1. The second-order valence-electron chi connectivity index (χ2n) is 4.18. The van der Waals surface area contributed by atoms with Crippen LogP contribution >= 0.6 is 27.7 Å². The topological polar surface area (TPSA) is 26.0 Å². The molecule has 0 amide bonds. The molecule has 0 aliphatic rings. The van der Waals surface area contributed by atoms with E-state index in [-0.39, 0.29) is 11.9 Å². The van der Waals surface area contributed by atoms with Gasteiger partial charge in [0.2, 0.25) is 0 Å². The van der Waals surface area contributed by atoms with Crippen molar-refractivity contribution in [3.8, 4) is 0 Å². The monoisotopic (exact) mass is 305 g/mol. The molecule has 16 heavy (non-hydrogen) atoms. The zero-order valence-corrected chi connectivity index (χ0v) is 11.9. The number of thioether (sulfide) groups is 1. The summed E-state index contributed by atoms with van der Waals surface area (Å²) in [6.07, 6.45) is 0. The van der Waals surface area contributed by atoms with Crippen molar-refractivity contribution in [1.29, 1.82) is 0 Å². The Labute approximate surface area is 109 Å². The van der Waals surface area contributed by atoms with Crippen LogP contribution in [0.25, 0.3) is 0 Å². The molecule has 1 nitrogen and oxygen atoms in total. The Morgan fingerprint density at radius 3 is 2.69 bits per heavy atom. The average Bonchev–Trinajstić information content (AvgIpc) is 2.21. The fraction of sp³-hybridized carbons (Fsp3) is 0.500. The quantitative estimate of drug-likeness (QED) is 0.890. The third kappa shape index (κ3) is 4.07. The Hall–Kier alpha value is -0.0600. The number of halogens is 2. The van der Waals surface area contributed by atoms with E-state index in [4.69, 9.17) is 5.73 Å². The van der Waals surface area contributed by atoms with Gasteiger partial charge in [0.1, 0.15) is 5.82 Å². The Balaban J connectivity index is 2.59. The Kier molecular flexibility index (Phi) is 5.79. The van der Waals surface area contributed by atoms with Gasteiger partial charge >= 0.3 is 0 Å². The molecule has 1 rings (SSSR count). The minimum absolute atomic E-state index is 0.235. The van der Waals surface area contributed by atoms with E-state index < -0.39 is 0 Å². The van der Waals surface area contributed by atoms with Gasteiger partial charge in [-0.1, -0.05) is 26.0 Å². The predicted molar refractivity (Wildman–Crippen MR) is 73.2 cm³/mol. The van der Waals surface area contributed by atoms with Crippen molar-refractivity contribution < 1.29 is 4.39 Å². The average molecular weight is 306 g/mol. The molecule has 0 fully saturated rings. The molecule has 0 heterocycles. The van der Waals surface area contributed by atoms with E-state index in [9.17, 15) is 4.39 Å². The van der Waals surface area contributed by atoms with Crippen LogP contribution in [0.1, 0.15) is 25.5 Å². The highest BCUT2D eigenvalue weighted by molar-refractivity contribution is 9.10. The Morgan fingerprint density at radius 1 is 1.38 bits per heavy atom. The van der Waals surface area contributed by atoms with Crippen LogP contribution < -0.4 is 5.73 Å². The van der Waals surface area contributed by atoms with Gasteiger partial charge in [0.25, 0.3) is 0 Å². The first-order chi connectivity index (χ1) is 7.52. The molecule has 4 heteroatoms. The second-order valence-corrected chi connectivity index (χ2v) is 6.11. The van der Waals surface area contributed by atoms with Crippen LogP contribution in [0.4, 0.5) is 4.39 Å². The van der Waals surface area contributed by atoms with E-state index in [0.717, 1.165) is 11.5 Å². The van der Waals surface area contributed by atoms with E-state index >= 15 is 0 Å². The number of rotatable bonds is 5. The molecular formula is C12H17BrFNS. The highest BCUT2D eigenvalue weighted by Crippen LogP contribution is 2.25. The van der Waals surface area contributed by atoms with Crippen molar-refractivity contribution in [2.24, 2.45) is 11.7 Å². The van der Waals surface area contributed by atoms with Gasteiger partial charge in [-0.2, -0.15) is 11.8 Å². The van der Waals surface area contributed by atoms with Crippen LogP contribution in [-0.2, 0) is 0 Å². The highest BCUT2D eigenvalue weighted by atomic mass is 79.9. The van der Waals surface area contributed by atoms with Gasteiger partial charge < -0.3 is 5.73 Å². The van der Waals surface area contributed by atoms with Crippen LogP contribution in [-0.4, -0.2) is 11.5 Å². The molecule has 1 aromatic carbocycles. The first-order valence-electron chi connectivity index (χ1n) is 5.29. The summed E-state index contributed by atoms with van der Waals surface area (Å²) in [5, 5.41) is 0. The number of nitrogens with two attached hydrogens (primary N) is 1. The summed E-state index contributed by atoms with van der Waals surface area (Å²) in [7, 11) is 0. The molecule has 0 bridgehead atoms. The maximum Gasteiger partial charge on any atom is 0.142 e. The van der Waals surface area contributed by atoms with Crippen molar-refractivity contribution in [2.45, 2.75) is 19.9 Å². The fourth-order valence-corrected chi connectivity index (χ4v) is 2.75. The number of benzene rings is 1. The van der Waals surface area contributed by atoms with Gasteiger partial charge in [-0.3, -0.25) is 0 Å². The predicted octanol–water partition coefficient (Wildman–Crippen LogP) is 3.98. The Morgan fingerprint density at radius 2 is 2.06 bits per heavy atom. The summed E-state index contributed by atoms with van der Waals surface area (Å²) in [4.78, 5) is 0. The number of hydrogen-bond donors (Lipinski definition) is 1. The van der Waals surface area contributed by atoms with Crippen LogP contribution in [0, 0.1) is 11.7 Å². The van der Waals surface area contributed by atoms with Crippen LogP contribution in [0.15, 0.2) is 22.7 Å². The molecule has 0 aliphatic carbocycles. The second kappa shape index (κ2) is 6.62. The molecule has 0 aromatic heterocycles. The van der Waals surface area contributed by atoms with Crippen molar-refractivity contribution >= 4 is 27.7 Å². The molecule has 2 N–H and O–H groups in total.